The maximum Gasteiger partial charge on any atom is 0.108 e. The van der Waals surface area contributed by atoms with Gasteiger partial charge in [-0.25, -0.2) is 4.98 Å². The molecule has 0 aliphatic rings. The van der Waals surface area contributed by atoms with Crippen molar-refractivity contribution in [2.45, 2.75) is 18.9 Å². The average molecular weight is 300 g/mol. The Labute approximate surface area is 121 Å². The molecular weight excluding hydrogens is 285 g/mol. The van der Waals surface area contributed by atoms with Crippen molar-refractivity contribution in [3.05, 3.63) is 46.2 Å². The van der Waals surface area contributed by atoms with Crippen LogP contribution in [-0.4, -0.2) is 14.5 Å². The molecule has 0 aliphatic carbocycles. The third-order valence-electron chi connectivity index (χ3n) is 2.95. The minimum absolute atomic E-state index is 0.138. The third-order valence-corrected chi connectivity index (χ3v) is 3.45. The van der Waals surface area contributed by atoms with Crippen molar-refractivity contribution < 1.29 is 0 Å². The number of hydrazine groups is 1. The molecule has 7 heteroatoms. The summed E-state index contributed by atoms with van der Waals surface area (Å²) >= 11 is 12.0. The van der Waals surface area contributed by atoms with Crippen LogP contribution in [0.1, 0.15) is 24.0 Å². The zero-order chi connectivity index (χ0) is 13.8. The number of nitrogens with zero attached hydrogens (tertiary/aromatic N) is 3. The van der Waals surface area contributed by atoms with Gasteiger partial charge >= 0.3 is 0 Å². The maximum atomic E-state index is 6.13. The van der Waals surface area contributed by atoms with E-state index in [9.17, 15) is 0 Å². The van der Waals surface area contributed by atoms with E-state index in [1.54, 1.807) is 18.5 Å². The first kappa shape index (κ1) is 14.3. The highest BCUT2D eigenvalue weighted by atomic mass is 35.5. The Hall–Kier alpha value is -1.14. The molecule has 1 unspecified atom stereocenters. The van der Waals surface area contributed by atoms with E-state index < -0.39 is 0 Å². The van der Waals surface area contributed by atoms with Crippen LogP contribution in [0.25, 0.3) is 0 Å². The van der Waals surface area contributed by atoms with Gasteiger partial charge in [-0.2, -0.15) is 0 Å². The fourth-order valence-electron chi connectivity index (χ4n) is 1.89. The van der Waals surface area contributed by atoms with Crippen molar-refractivity contribution in [3.8, 4) is 0 Å². The summed E-state index contributed by atoms with van der Waals surface area (Å²) in [7, 11) is 1.96. The molecule has 0 fully saturated rings. The molecule has 0 saturated carbocycles. The fourth-order valence-corrected chi connectivity index (χ4v) is 2.40. The van der Waals surface area contributed by atoms with Crippen LogP contribution in [0.4, 0.5) is 0 Å². The molecule has 0 radical (unpaired) electrons. The molecule has 0 amide bonds. The van der Waals surface area contributed by atoms with E-state index in [-0.39, 0.29) is 6.04 Å². The second kappa shape index (κ2) is 6.34. The van der Waals surface area contributed by atoms with Gasteiger partial charge in [-0.15, -0.1) is 0 Å². The standard InChI is InChI=1S/C12H15Cl2N5/c1-19-5-4-16-11(19)3-2-10(18-15)12-9(14)6-8(13)7-17-12/h4-7,10,18H,2-3,15H2,1H3. The third kappa shape index (κ3) is 3.45. The summed E-state index contributed by atoms with van der Waals surface area (Å²) in [6.45, 7) is 0. The first-order valence-corrected chi connectivity index (χ1v) is 6.60. The Morgan fingerprint density at radius 1 is 1.42 bits per heavy atom. The summed E-state index contributed by atoms with van der Waals surface area (Å²) in [5.74, 6) is 6.57. The molecule has 1 atom stereocenters. The number of aryl methyl sites for hydroxylation is 2. The minimum atomic E-state index is -0.138. The van der Waals surface area contributed by atoms with Crippen LogP contribution in [0.5, 0.6) is 0 Å². The predicted octanol–water partition coefficient (Wildman–Crippen LogP) is 2.26. The largest absolute Gasteiger partial charge is 0.338 e. The Morgan fingerprint density at radius 2 is 2.21 bits per heavy atom. The summed E-state index contributed by atoms with van der Waals surface area (Å²) in [4.78, 5) is 8.51. The van der Waals surface area contributed by atoms with E-state index in [2.05, 4.69) is 15.4 Å². The second-order valence-corrected chi connectivity index (χ2v) is 5.08. The predicted molar refractivity (Wildman–Crippen MR) is 75.9 cm³/mol. The minimum Gasteiger partial charge on any atom is -0.338 e. The highest BCUT2D eigenvalue weighted by Crippen LogP contribution is 2.26. The van der Waals surface area contributed by atoms with Crippen molar-refractivity contribution in [3.63, 3.8) is 0 Å². The molecule has 2 rings (SSSR count). The molecule has 0 saturated heterocycles. The summed E-state index contributed by atoms with van der Waals surface area (Å²) < 4.78 is 1.98. The molecule has 0 aromatic carbocycles. The van der Waals surface area contributed by atoms with E-state index in [4.69, 9.17) is 29.0 Å². The smallest absolute Gasteiger partial charge is 0.108 e. The lowest BCUT2D eigenvalue weighted by molar-refractivity contribution is 0.495. The van der Waals surface area contributed by atoms with E-state index >= 15 is 0 Å². The summed E-state index contributed by atoms with van der Waals surface area (Å²) in [6, 6.07) is 1.53. The van der Waals surface area contributed by atoms with Gasteiger partial charge in [0.25, 0.3) is 0 Å². The molecule has 19 heavy (non-hydrogen) atoms. The number of nitrogens with two attached hydrogens (primary N) is 1. The van der Waals surface area contributed by atoms with Crippen LogP contribution in [0.2, 0.25) is 10.0 Å². The van der Waals surface area contributed by atoms with Gasteiger partial charge < -0.3 is 4.57 Å². The number of nitrogens with one attached hydrogen (secondary N) is 1. The number of halogens is 2. The molecule has 5 nitrogen and oxygen atoms in total. The lowest BCUT2D eigenvalue weighted by atomic mass is 10.1. The molecule has 102 valence electrons. The van der Waals surface area contributed by atoms with E-state index in [1.165, 1.54) is 0 Å². The van der Waals surface area contributed by atoms with Gasteiger partial charge in [-0.1, -0.05) is 23.2 Å². The van der Waals surface area contributed by atoms with Crippen molar-refractivity contribution >= 4 is 23.2 Å². The van der Waals surface area contributed by atoms with Crippen LogP contribution in [0.3, 0.4) is 0 Å². The van der Waals surface area contributed by atoms with Crippen LogP contribution < -0.4 is 11.3 Å². The summed E-state index contributed by atoms with van der Waals surface area (Å²) in [6.07, 6.45) is 6.77. The number of imidazole rings is 1. The Morgan fingerprint density at radius 3 is 2.79 bits per heavy atom. The van der Waals surface area contributed by atoms with Crippen LogP contribution in [-0.2, 0) is 13.5 Å². The van der Waals surface area contributed by atoms with E-state index in [1.807, 2.05) is 17.8 Å². The molecule has 0 aliphatic heterocycles. The van der Waals surface area contributed by atoms with Gasteiger partial charge in [0.1, 0.15) is 5.82 Å². The zero-order valence-corrected chi connectivity index (χ0v) is 12.0. The van der Waals surface area contributed by atoms with Crippen molar-refractivity contribution in [2.24, 2.45) is 12.9 Å². The average Bonchev–Trinajstić information content (AvgIpc) is 2.78. The lowest BCUT2D eigenvalue weighted by Gasteiger charge is -2.16. The van der Waals surface area contributed by atoms with Gasteiger partial charge in [0, 0.05) is 32.1 Å². The number of aromatic nitrogens is 3. The van der Waals surface area contributed by atoms with Gasteiger partial charge in [-0.05, 0) is 12.5 Å². The molecule has 2 aromatic rings. The zero-order valence-electron chi connectivity index (χ0n) is 10.5. The fraction of sp³-hybridized carbons (Fsp3) is 0.333. The van der Waals surface area contributed by atoms with Crippen molar-refractivity contribution in [1.29, 1.82) is 0 Å². The number of hydrogen-bond donors (Lipinski definition) is 2. The molecule has 0 spiro atoms. The number of hydrogen-bond acceptors (Lipinski definition) is 4. The highest BCUT2D eigenvalue weighted by Gasteiger charge is 2.16. The van der Waals surface area contributed by atoms with Crippen LogP contribution in [0, 0.1) is 0 Å². The summed E-state index contributed by atoms with van der Waals surface area (Å²) in [5, 5.41) is 1.02. The van der Waals surface area contributed by atoms with Crippen molar-refractivity contribution in [1.82, 2.24) is 20.0 Å². The van der Waals surface area contributed by atoms with E-state index in [0.29, 0.717) is 15.7 Å². The normalized spacial score (nSPS) is 12.6. The monoisotopic (exact) mass is 299 g/mol. The van der Waals surface area contributed by atoms with Crippen LogP contribution >= 0.6 is 23.2 Å². The Bertz CT molecular complexity index is 555. The van der Waals surface area contributed by atoms with Gasteiger partial charge in [0.2, 0.25) is 0 Å². The number of pyridine rings is 1. The van der Waals surface area contributed by atoms with Crippen molar-refractivity contribution in [2.75, 3.05) is 0 Å². The van der Waals surface area contributed by atoms with E-state index in [0.717, 1.165) is 18.7 Å². The SMILES string of the molecule is Cn1ccnc1CCC(NN)c1ncc(Cl)cc1Cl. The molecule has 2 aromatic heterocycles. The Balaban J connectivity index is 2.10. The Kier molecular flexibility index (Phi) is 4.76. The van der Waals surface area contributed by atoms with Gasteiger partial charge in [0.15, 0.2) is 0 Å². The second-order valence-electron chi connectivity index (χ2n) is 4.23. The van der Waals surface area contributed by atoms with Gasteiger partial charge in [0.05, 0.1) is 21.8 Å². The number of rotatable bonds is 5. The molecular formula is C12H15Cl2N5. The lowest BCUT2D eigenvalue weighted by Crippen LogP contribution is -2.29. The highest BCUT2D eigenvalue weighted by molar-refractivity contribution is 6.34. The first-order chi connectivity index (χ1) is 9.11. The maximum absolute atomic E-state index is 6.13. The first-order valence-electron chi connectivity index (χ1n) is 5.85. The molecule has 2 heterocycles. The summed E-state index contributed by atoms with van der Waals surface area (Å²) in [5.41, 5.74) is 3.43. The molecule has 3 N–H and O–H groups in total. The van der Waals surface area contributed by atoms with Crippen LogP contribution in [0.15, 0.2) is 24.7 Å². The quantitative estimate of drug-likeness (QED) is 0.656. The topological polar surface area (TPSA) is 68.8 Å². The molecule has 0 bridgehead atoms. The van der Waals surface area contributed by atoms with Gasteiger partial charge in [-0.3, -0.25) is 16.3 Å².